The Balaban J connectivity index is 1.56. The maximum atomic E-state index is 13.7. The average Bonchev–Trinajstić information content (AvgIpc) is 3.25. The molecular weight excluding hydrogens is 529 g/mol. The van der Waals surface area contributed by atoms with Gasteiger partial charge in [-0.1, -0.05) is 12.1 Å². The van der Waals surface area contributed by atoms with Gasteiger partial charge in [-0.2, -0.15) is 26.3 Å². The topological polar surface area (TPSA) is 55.6 Å². The average molecular weight is 561 g/mol. The fourth-order valence-electron chi connectivity index (χ4n) is 5.86. The van der Waals surface area contributed by atoms with Crippen molar-refractivity contribution in [2.24, 2.45) is 17.6 Å². The van der Waals surface area contributed by atoms with Gasteiger partial charge in [-0.05, 0) is 93.1 Å². The molecule has 1 aliphatic heterocycles. The number of likely N-dealkylation sites (tertiary alicyclic amines) is 1. The molecule has 2 fully saturated rings. The van der Waals surface area contributed by atoms with Crippen LogP contribution in [0.2, 0.25) is 0 Å². The Labute approximate surface area is 222 Å². The number of hydrogen-bond donors (Lipinski definition) is 1. The molecule has 0 spiro atoms. The van der Waals surface area contributed by atoms with Crippen LogP contribution in [0.4, 0.5) is 30.7 Å². The second kappa shape index (κ2) is 11.4. The van der Waals surface area contributed by atoms with Crippen molar-refractivity contribution in [1.29, 1.82) is 0 Å². The van der Waals surface area contributed by atoms with E-state index in [0.717, 1.165) is 5.56 Å². The molecule has 2 N–H and O–H groups in total. The third-order valence-electron chi connectivity index (χ3n) is 7.93. The molecule has 1 amide bonds. The van der Waals surface area contributed by atoms with Crippen molar-refractivity contribution >= 4 is 5.91 Å². The first kappa shape index (κ1) is 29.3. The summed E-state index contributed by atoms with van der Waals surface area (Å²) >= 11 is 0. The van der Waals surface area contributed by atoms with E-state index in [2.05, 4.69) is 4.90 Å². The second-order valence-electron chi connectivity index (χ2n) is 10.5. The molecular formula is C28H31F7N2O2. The minimum atomic E-state index is -4.95. The summed E-state index contributed by atoms with van der Waals surface area (Å²) in [6.45, 7) is 3.49. The number of primary amides is 1. The normalized spacial score (nSPS) is 24.2. The fourth-order valence-corrected chi connectivity index (χ4v) is 5.86. The summed E-state index contributed by atoms with van der Waals surface area (Å²) in [5.41, 5.74) is 3.24. The Morgan fingerprint density at radius 3 is 2.03 bits per heavy atom. The minimum Gasteiger partial charge on any atom is -0.370 e. The molecule has 11 heteroatoms. The summed E-state index contributed by atoms with van der Waals surface area (Å²) in [5, 5.41) is 0. The van der Waals surface area contributed by atoms with Crippen LogP contribution in [0.5, 0.6) is 0 Å². The molecule has 2 aromatic rings. The van der Waals surface area contributed by atoms with Gasteiger partial charge in [0.2, 0.25) is 5.91 Å². The van der Waals surface area contributed by atoms with Crippen LogP contribution >= 0.6 is 0 Å². The molecule has 4 nitrogen and oxygen atoms in total. The van der Waals surface area contributed by atoms with Gasteiger partial charge in [0, 0.05) is 18.4 Å². The largest absolute Gasteiger partial charge is 0.416 e. The number of ether oxygens (including phenoxy) is 1. The standard InChI is InChI=1S/C28H31F7N2O2/c1-16(20-12-21(27(30,31)32)14-22(13-20)28(33,34)35)39-24-7-4-19(25(24)17-2-5-23(29)6-3-17)15-37-10-8-18(9-11-37)26(36)38/h2-3,5-6,12-14,16,18-19,24-25H,4,7-11,15H2,1H3,(H2,36,38)/t16-,19-,24+,25-/m1/s1. The maximum absolute atomic E-state index is 13.7. The van der Waals surface area contributed by atoms with Gasteiger partial charge in [0.1, 0.15) is 5.82 Å². The van der Waals surface area contributed by atoms with Gasteiger partial charge in [-0.25, -0.2) is 4.39 Å². The fraction of sp³-hybridized carbons (Fsp3) is 0.536. The van der Waals surface area contributed by atoms with E-state index in [4.69, 9.17) is 10.5 Å². The highest BCUT2D eigenvalue weighted by Gasteiger charge is 2.41. The Morgan fingerprint density at radius 1 is 0.949 bits per heavy atom. The summed E-state index contributed by atoms with van der Waals surface area (Å²) in [6.07, 6.45) is -8.89. The summed E-state index contributed by atoms with van der Waals surface area (Å²) in [6, 6.07) is 7.43. The van der Waals surface area contributed by atoms with Crippen molar-refractivity contribution in [3.8, 4) is 0 Å². The van der Waals surface area contributed by atoms with Gasteiger partial charge in [0.25, 0.3) is 0 Å². The third-order valence-corrected chi connectivity index (χ3v) is 7.93. The van der Waals surface area contributed by atoms with E-state index in [9.17, 15) is 35.5 Å². The molecule has 4 atom stereocenters. The SMILES string of the molecule is C[C@@H](O[C@H]1CC[C@H](CN2CCC(C(N)=O)CC2)[C@H]1c1ccc(F)cc1)c1cc(C(F)(F)F)cc(C(F)(F)F)c1. The molecule has 0 bridgehead atoms. The summed E-state index contributed by atoms with van der Waals surface area (Å²) < 4.78 is 100. The monoisotopic (exact) mass is 560 g/mol. The lowest BCUT2D eigenvalue weighted by atomic mass is 9.86. The third kappa shape index (κ3) is 7.11. The summed E-state index contributed by atoms with van der Waals surface area (Å²) in [5.74, 6) is -1.08. The number of nitrogens with two attached hydrogens (primary N) is 1. The lowest BCUT2D eigenvalue weighted by Gasteiger charge is -2.35. The highest BCUT2D eigenvalue weighted by molar-refractivity contribution is 5.76. The summed E-state index contributed by atoms with van der Waals surface area (Å²) in [4.78, 5) is 13.7. The lowest BCUT2D eigenvalue weighted by molar-refractivity contribution is -0.143. The second-order valence-corrected chi connectivity index (χ2v) is 10.5. The highest BCUT2D eigenvalue weighted by Crippen LogP contribution is 2.45. The van der Waals surface area contributed by atoms with E-state index in [-0.39, 0.29) is 35.3 Å². The predicted molar refractivity (Wildman–Crippen MR) is 130 cm³/mol. The Kier molecular flexibility index (Phi) is 8.61. The molecule has 0 unspecified atom stereocenters. The van der Waals surface area contributed by atoms with Crippen LogP contribution < -0.4 is 5.73 Å². The van der Waals surface area contributed by atoms with Crippen molar-refractivity contribution < 1.29 is 40.3 Å². The van der Waals surface area contributed by atoms with Crippen LogP contribution in [-0.2, 0) is 21.9 Å². The van der Waals surface area contributed by atoms with E-state index in [1.54, 1.807) is 12.1 Å². The predicted octanol–water partition coefficient (Wildman–Crippen LogP) is 6.70. The van der Waals surface area contributed by atoms with Gasteiger partial charge < -0.3 is 15.4 Å². The zero-order valence-corrected chi connectivity index (χ0v) is 21.4. The molecule has 1 aliphatic carbocycles. The van der Waals surface area contributed by atoms with Crippen molar-refractivity contribution in [1.82, 2.24) is 4.90 Å². The first-order valence-electron chi connectivity index (χ1n) is 12.9. The smallest absolute Gasteiger partial charge is 0.370 e. The van der Waals surface area contributed by atoms with Crippen LogP contribution in [0.15, 0.2) is 42.5 Å². The molecule has 39 heavy (non-hydrogen) atoms. The van der Waals surface area contributed by atoms with Gasteiger partial charge >= 0.3 is 12.4 Å². The molecule has 4 rings (SSSR count). The van der Waals surface area contributed by atoms with Crippen LogP contribution in [0.1, 0.15) is 66.9 Å². The van der Waals surface area contributed by atoms with E-state index < -0.39 is 41.5 Å². The quantitative estimate of drug-likeness (QED) is 0.384. The van der Waals surface area contributed by atoms with Crippen molar-refractivity contribution in [3.05, 3.63) is 70.5 Å². The number of carbonyl (C=O) groups excluding carboxylic acids is 1. The number of amides is 1. The van der Waals surface area contributed by atoms with Crippen molar-refractivity contribution in [3.63, 3.8) is 0 Å². The number of nitrogens with zero attached hydrogens (tertiary/aromatic N) is 1. The minimum absolute atomic E-state index is 0.0602. The molecule has 2 aromatic carbocycles. The Morgan fingerprint density at radius 2 is 1.51 bits per heavy atom. The first-order chi connectivity index (χ1) is 18.2. The Bertz CT molecular complexity index is 1110. The van der Waals surface area contributed by atoms with Crippen LogP contribution in [0.25, 0.3) is 0 Å². The molecule has 0 radical (unpaired) electrons. The van der Waals surface area contributed by atoms with Gasteiger partial charge in [-0.15, -0.1) is 0 Å². The maximum Gasteiger partial charge on any atom is 0.416 e. The summed E-state index contributed by atoms with van der Waals surface area (Å²) in [7, 11) is 0. The zero-order valence-electron chi connectivity index (χ0n) is 21.4. The van der Waals surface area contributed by atoms with E-state index >= 15 is 0 Å². The zero-order chi connectivity index (χ0) is 28.5. The van der Waals surface area contributed by atoms with Gasteiger partial charge in [0.05, 0.1) is 23.3 Å². The van der Waals surface area contributed by atoms with E-state index in [1.807, 2.05) is 0 Å². The van der Waals surface area contributed by atoms with Gasteiger partial charge in [0.15, 0.2) is 0 Å². The number of halogens is 7. The van der Waals surface area contributed by atoms with Crippen LogP contribution in [0, 0.1) is 17.7 Å². The molecule has 1 heterocycles. The number of piperidine rings is 1. The van der Waals surface area contributed by atoms with Crippen molar-refractivity contribution in [2.75, 3.05) is 19.6 Å². The van der Waals surface area contributed by atoms with Crippen molar-refractivity contribution in [2.45, 2.75) is 63.1 Å². The molecule has 0 aromatic heterocycles. The molecule has 2 aliphatic rings. The van der Waals surface area contributed by atoms with Crippen LogP contribution in [-0.4, -0.2) is 36.5 Å². The molecule has 1 saturated heterocycles. The first-order valence-corrected chi connectivity index (χ1v) is 12.9. The highest BCUT2D eigenvalue weighted by atomic mass is 19.4. The molecule has 214 valence electrons. The number of carbonyl (C=O) groups is 1. The Hall–Kier alpha value is -2.66. The lowest BCUT2D eigenvalue weighted by Crippen LogP contribution is -2.41. The van der Waals surface area contributed by atoms with Crippen LogP contribution in [0.3, 0.4) is 0 Å². The molecule has 1 saturated carbocycles. The van der Waals surface area contributed by atoms with Gasteiger partial charge in [-0.3, -0.25) is 4.79 Å². The number of benzene rings is 2. The number of alkyl halides is 6. The number of hydrogen-bond acceptors (Lipinski definition) is 3. The van der Waals surface area contributed by atoms with E-state index in [1.165, 1.54) is 19.1 Å². The van der Waals surface area contributed by atoms with E-state index in [0.29, 0.717) is 57.5 Å². The number of rotatable bonds is 7.